The van der Waals surface area contributed by atoms with Crippen molar-refractivity contribution >= 4 is 35.5 Å². The summed E-state index contributed by atoms with van der Waals surface area (Å²) in [6.45, 7) is 14.7. The van der Waals surface area contributed by atoms with Gasteiger partial charge in [0.15, 0.2) is 6.10 Å². The molecule has 0 spiro atoms. The standard InChI is InChI=1S/C30H49N5O7/c1-10-19(6)24-29(40)34(9)25(18(4)5)30(41)33(8)20(7)26(37)31-14-13-23(36)42-22(16-17(2)3)28(39)35-15-11-12-21(35)27(38)32-24/h18-22,24-25H,2,10-16H2,1,3-9H3,(H,31,37)(H,32,38)/t19-,20-,21-,22+,24-,25?/m0/s1. The largest absolute Gasteiger partial charge is 0.452 e. The van der Waals surface area contributed by atoms with Crippen LogP contribution < -0.4 is 10.6 Å². The number of hydrogen-bond donors (Lipinski definition) is 2. The third-order valence-electron chi connectivity index (χ3n) is 8.28. The molecule has 0 aromatic carbocycles. The van der Waals surface area contributed by atoms with Crippen LogP contribution in [0, 0.1) is 11.8 Å². The van der Waals surface area contributed by atoms with Crippen molar-refractivity contribution in [2.45, 2.75) is 104 Å². The van der Waals surface area contributed by atoms with Crippen LogP contribution in [0.25, 0.3) is 0 Å². The van der Waals surface area contributed by atoms with Crippen LogP contribution in [0.2, 0.25) is 0 Å². The predicted octanol–water partition coefficient (Wildman–Crippen LogP) is 1.24. The highest BCUT2D eigenvalue weighted by atomic mass is 16.5. The average molecular weight is 592 g/mol. The molecule has 2 N–H and O–H groups in total. The van der Waals surface area contributed by atoms with Crippen molar-refractivity contribution in [3.8, 4) is 0 Å². The molecule has 1 unspecified atom stereocenters. The van der Waals surface area contributed by atoms with E-state index in [0.717, 1.165) is 0 Å². The van der Waals surface area contributed by atoms with Crippen LogP contribution in [0.5, 0.6) is 0 Å². The number of nitrogens with one attached hydrogen (secondary N) is 2. The van der Waals surface area contributed by atoms with E-state index in [0.29, 0.717) is 31.4 Å². The summed E-state index contributed by atoms with van der Waals surface area (Å²) < 4.78 is 5.53. The van der Waals surface area contributed by atoms with Gasteiger partial charge >= 0.3 is 5.97 Å². The Hall–Kier alpha value is -3.44. The number of carbonyl (C=O) groups excluding carboxylic acids is 6. The minimum absolute atomic E-state index is 0.0602. The number of esters is 1. The molecule has 12 nitrogen and oxygen atoms in total. The first-order chi connectivity index (χ1) is 19.6. The Bertz CT molecular complexity index is 1060. The number of nitrogens with zero attached hydrogens (tertiary/aromatic N) is 3. The second-order valence-electron chi connectivity index (χ2n) is 12.0. The molecule has 2 aliphatic heterocycles. The van der Waals surface area contributed by atoms with E-state index in [9.17, 15) is 28.8 Å². The lowest BCUT2D eigenvalue weighted by Gasteiger charge is -2.38. The van der Waals surface area contributed by atoms with E-state index in [-0.39, 0.29) is 31.2 Å². The Morgan fingerprint density at radius 1 is 1.00 bits per heavy atom. The zero-order valence-corrected chi connectivity index (χ0v) is 26.4. The van der Waals surface area contributed by atoms with Gasteiger partial charge in [0.2, 0.25) is 23.6 Å². The van der Waals surface area contributed by atoms with E-state index in [2.05, 4.69) is 17.2 Å². The van der Waals surface area contributed by atoms with Gasteiger partial charge in [0.25, 0.3) is 5.91 Å². The maximum atomic E-state index is 13.9. The van der Waals surface area contributed by atoms with Crippen molar-refractivity contribution in [1.82, 2.24) is 25.3 Å². The molecule has 0 saturated carbocycles. The second-order valence-corrected chi connectivity index (χ2v) is 12.0. The van der Waals surface area contributed by atoms with Crippen LogP contribution in [0.4, 0.5) is 0 Å². The summed E-state index contributed by atoms with van der Waals surface area (Å²) in [5.74, 6) is -3.57. The van der Waals surface area contributed by atoms with Crippen LogP contribution in [0.3, 0.4) is 0 Å². The fourth-order valence-electron chi connectivity index (χ4n) is 5.40. The zero-order valence-electron chi connectivity index (χ0n) is 26.4. The van der Waals surface area contributed by atoms with Gasteiger partial charge in [0.1, 0.15) is 24.2 Å². The molecule has 0 aromatic heterocycles. The van der Waals surface area contributed by atoms with Crippen molar-refractivity contribution in [3.05, 3.63) is 12.2 Å². The molecule has 12 heteroatoms. The molecule has 2 fully saturated rings. The lowest BCUT2D eigenvalue weighted by atomic mass is 9.94. The van der Waals surface area contributed by atoms with E-state index in [1.54, 1.807) is 13.8 Å². The van der Waals surface area contributed by atoms with E-state index in [4.69, 9.17) is 4.74 Å². The van der Waals surface area contributed by atoms with E-state index >= 15 is 0 Å². The molecule has 2 rings (SSSR count). The SMILES string of the molecule is C=C(C)C[C@H]1OC(=O)CCNC(=O)[C@H](C)N(C)C(=O)C(C(C)C)N(C)C(=O)[C@H]([C@@H](C)CC)NC(=O)[C@@H]2CCCN2C1=O. The maximum absolute atomic E-state index is 13.9. The van der Waals surface area contributed by atoms with E-state index in [1.807, 2.05) is 27.7 Å². The van der Waals surface area contributed by atoms with Crippen molar-refractivity contribution in [3.63, 3.8) is 0 Å². The van der Waals surface area contributed by atoms with Gasteiger partial charge in [-0.3, -0.25) is 28.8 Å². The topological polar surface area (TPSA) is 145 Å². The number of ether oxygens (including phenoxy) is 1. The average Bonchev–Trinajstić information content (AvgIpc) is 3.42. The minimum Gasteiger partial charge on any atom is -0.452 e. The third-order valence-corrected chi connectivity index (χ3v) is 8.28. The number of fused-ring (bicyclic) bond motifs is 1. The summed E-state index contributed by atoms with van der Waals surface area (Å²) in [6, 6.07) is -3.58. The predicted molar refractivity (Wildman–Crippen MR) is 157 cm³/mol. The highest BCUT2D eigenvalue weighted by molar-refractivity contribution is 5.96. The summed E-state index contributed by atoms with van der Waals surface area (Å²) >= 11 is 0. The Morgan fingerprint density at radius 2 is 1.64 bits per heavy atom. The van der Waals surface area contributed by atoms with Crippen LogP contribution in [-0.2, 0) is 33.5 Å². The number of carbonyl (C=O) groups is 6. The molecule has 0 aliphatic carbocycles. The molecule has 2 heterocycles. The monoisotopic (exact) mass is 591 g/mol. The van der Waals surface area contributed by atoms with Gasteiger partial charge in [-0.25, -0.2) is 0 Å². The molecule has 5 amide bonds. The van der Waals surface area contributed by atoms with Gasteiger partial charge < -0.3 is 30.1 Å². The van der Waals surface area contributed by atoms with Gasteiger partial charge in [0, 0.05) is 33.6 Å². The van der Waals surface area contributed by atoms with Crippen LogP contribution in [-0.4, -0.2) is 108 Å². The number of hydrogen-bond acceptors (Lipinski definition) is 7. The summed E-state index contributed by atoms with van der Waals surface area (Å²) in [5.41, 5.74) is 0.625. The molecule has 0 radical (unpaired) electrons. The lowest BCUT2D eigenvalue weighted by molar-refractivity contribution is -0.161. The number of rotatable bonds is 5. The van der Waals surface area contributed by atoms with Gasteiger partial charge in [-0.2, -0.15) is 0 Å². The fraction of sp³-hybridized carbons (Fsp3) is 0.733. The molecule has 0 aromatic rings. The van der Waals surface area contributed by atoms with Crippen LogP contribution in [0.1, 0.15) is 73.6 Å². The summed E-state index contributed by atoms with van der Waals surface area (Å²) in [5, 5.41) is 5.53. The summed E-state index contributed by atoms with van der Waals surface area (Å²) in [6.07, 6.45) is 0.258. The fourth-order valence-corrected chi connectivity index (χ4v) is 5.40. The minimum atomic E-state index is -1.17. The second kappa shape index (κ2) is 15.2. The number of amides is 5. The molecular weight excluding hydrogens is 542 g/mol. The highest BCUT2D eigenvalue weighted by Gasteiger charge is 2.42. The van der Waals surface area contributed by atoms with E-state index < -0.39 is 65.8 Å². The third kappa shape index (κ3) is 8.32. The summed E-state index contributed by atoms with van der Waals surface area (Å²) in [7, 11) is 3.03. The summed E-state index contributed by atoms with van der Waals surface area (Å²) in [4.78, 5) is 84.4. The van der Waals surface area contributed by atoms with Crippen LogP contribution >= 0.6 is 0 Å². The highest BCUT2D eigenvalue weighted by Crippen LogP contribution is 2.24. The lowest BCUT2D eigenvalue weighted by Crippen LogP contribution is -2.60. The van der Waals surface area contributed by atoms with Gasteiger partial charge in [-0.15, -0.1) is 0 Å². The first-order valence-corrected chi connectivity index (χ1v) is 14.9. The quantitative estimate of drug-likeness (QED) is 0.361. The number of cyclic esters (lactones) is 1. The van der Waals surface area contributed by atoms with Crippen molar-refractivity contribution < 1.29 is 33.5 Å². The Balaban J connectivity index is 2.54. The van der Waals surface area contributed by atoms with Crippen LogP contribution in [0.15, 0.2) is 12.2 Å². The van der Waals surface area contributed by atoms with Gasteiger partial charge in [0.05, 0.1) is 6.42 Å². The Labute approximate surface area is 249 Å². The maximum Gasteiger partial charge on any atom is 0.308 e. The van der Waals surface area contributed by atoms with Crippen molar-refractivity contribution in [2.75, 3.05) is 27.2 Å². The molecule has 0 bridgehead atoms. The van der Waals surface area contributed by atoms with Gasteiger partial charge in [-0.1, -0.05) is 46.3 Å². The first kappa shape index (κ1) is 34.8. The molecule has 2 aliphatic rings. The molecule has 2 saturated heterocycles. The normalized spacial score (nSPS) is 28.4. The van der Waals surface area contributed by atoms with Gasteiger partial charge in [-0.05, 0) is 38.5 Å². The number of likely N-dealkylation sites (N-methyl/N-ethyl adjacent to an activating group) is 2. The molecule has 236 valence electrons. The molecular formula is C30H49N5O7. The van der Waals surface area contributed by atoms with E-state index in [1.165, 1.54) is 28.8 Å². The molecule has 42 heavy (non-hydrogen) atoms. The molecule has 6 atom stereocenters. The van der Waals surface area contributed by atoms with Crippen molar-refractivity contribution in [2.24, 2.45) is 11.8 Å². The van der Waals surface area contributed by atoms with Crippen molar-refractivity contribution in [1.29, 1.82) is 0 Å². The smallest absolute Gasteiger partial charge is 0.308 e. The Kier molecular flexibility index (Phi) is 12.5. The Morgan fingerprint density at radius 3 is 2.21 bits per heavy atom. The zero-order chi connectivity index (χ0) is 31.9. The first-order valence-electron chi connectivity index (χ1n) is 14.9.